The topological polar surface area (TPSA) is 45.5 Å². The van der Waals surface area contributed by atoms with Crippen LogP contribution in [-0.2, 0) is 0 Å². The van der Waals surface area contributed by atoms with E-state index < -0.39 is 0 Å². The maximum absolute atomic E-state index is 12.5. The molecule has 0 aromatic carbocycles. The number of hydrogen-bond acceptors (Lipinski definition) is 3. The lowest BCUT2D eigenvalue weighted by Gasteiger charge is -2.35. The van der Waals surface area contributed by atoms with Crippen molar-refractivity contribution in [1.29, 1.82) is 0 Å². The van der Waals surface area contributed by atoms with E-state index in [1.807, 2.05) is 17.9 Å². The SMILES string of the molecule is Cc1ccc(C(=O)N2CC3CNCC3C2(C)C)o1. The molecule has 2 fully saturated rings. The highest BCUT2D eigenvalue weighted by atomic mass is 16.3. The highest BCUT2D eigenvalue weighted by Gasteiger charge is 2.51. The maximum atomic E-state index is 12.5. The fourth-order valence-electron chi connectivity index (χ4n) is 3.45. The molecule has 1 N–H and O–H groups in total. The molecule has 1 aromatic heterocycles. The Labute approximate surface area is 107 Å². The average molecular weight is 248 g/mol. The predicted octanol–water partition coefficient (Wildman–Crippen LogP) is 1.66. The Balaban J connectivity index is 1.87. The van der Waals surface area contributed by atoms with Crippen LogP contribution in [0.1, 0.15) is 30.2 Å². The van der Waals surface area contributed by atoms with Crippen molar-refractivity contribution in [3.05, 3.63) is 23.7 Å². The zero-order valence-electron chi connectivity index (χ0n) is 11.2. The van der Waals surface area contributed by atoms with Gasteiger partial charge in [-0.05, 0) is 44.7 Å². The van der Waals surface area contributed by atoms with Gasteiger partial charge in [0.05, 0.1) is 0 Å². The van der Waals surface area contributed by atoms with Crippen LogP contribution in [0.5, 0.6) is 0 Å². The molecule has 0 aliphatic carbocycles. The first-order chi connectivity index (χ1) is 8.50. The van der Waals surface area contributed by atoms with Gasteiger partial charge < -0.3 is 14.6 Å². The Morgan fingerprint density at radius 3 is 2.83 bits per heavy atom. The van der Waals surface area contributed by atoms with Gasteiger partial charge >= 0.3 is 0 Å². The van der Waals surface area contributed by atoms with Gasteiger partial charge in [-0.3, -0.25) is 4.79 Å². The summed E-state index contributed by atoms with van der Waals surface area (Å²) in [5.74, 6) is 2.42. The first kappa shape index (κ1) is 11.8. The van der Waals surface area contributed by atoms with Gasteiger partial charge in [0.15, 0.2) is 5.76 Å². The van der Waals surface area contributed by atoms with Crippen LogP contribution < -0.4 is 5.32 Å². The highest BCUT2D eigenvalue weighted by Crippen LogP contribution is 2.41. The second-order valence-electron chi connectivity index (χ2n) is 6.00. The van der Waals surface area contributed by atoms with Crippen LogP contribution in [0.2, 0.25) is 0 Å². The summed E-state index contributed by atoms with van der Waals surface area (Å²) in [6.45, 7) is 9.07. The normalized spacial score (nSPS) is 29.6. The third kappa shape index (κ3) is 1.59. The summed E-state index contributed by atoms with van der Waals surface area (Å²) in [5, 5.41) is 3.42. The molecule has 0 radical (unpaired) electrons. The van der Waals surface area contributed by atoms with E-state index in [-0.39, 0.29) is 11.4 Å². The smallest absolute Gasteiger partial charge is 0.290 e. The summed E-state index contributed by atoms with van der Waals surface area (Å²) in [5.41, 5.74) is -0.0913. The minimum absolute atomic E-state index is 0.0301. The van der Waals surface area contributed by atoms with Crippen LogP contribution in [0.25, 0.3) is 0 Å². The van der Waals surface area contributed by atoms with E-state index in [1.165, 1.54) is 0 Å². The summed E-state index contributed by atoms with van der Waals surface area (Å²) in [7, 11) is 0. The van der Waals surface area contributed by atoms with E-state index in [0.717, 1.165) is 25.4 Å². The van der Waals surface area contributed by atoms with Gasteiger partial charge in [0.2, 0.25) is 0 Å². The van der Waals surface area contributed by atoms with Crippen LogP contribution in [0.4, 0.5) is 0 Å². The fourth-order valence-corrected chi connectivity index (χ4v) is 3.45. The molecule has 3 rings (SSSR count). The Bertz CT molecular complexity index is 478. The van der Waals surface area contributed by atoms with Gasteiger partial charge in [-0.15, -0.1) is 0 Å². The summed E-state index contributed by atoms with van der Waals surface area (Å²) in [6, 6.07) is 3.62. The molecule has 2 unspecified atom stereocenters. The van der Waals surface area contributed by atoms with E-state index in [1.54, 1.807) is 6.07 Å². The molecule has 98 valence electrons. The number of amides is 1. The molecule has 0 bridgehead atoms. The van der Waals surface area contributed by atoms with E-state index >= 15 is 0 Å². The van der Waals surface area contributed by atoms with Crippen molar-refractivity contribution in [3.63, 3.8) is 0 Å². The Morgan fingerprint density at radius 2 is 2.22 bits per heavy atom. The molecule has 2 atom stereocenters. The van der Waals surface area contributed by atoms with Crippen LogP contribution in [0, 0.1) is 18.8 Å². The summed E-state index contributed by atoms with van der Waals surface area (Å²) in [4.78, 5) is 14.5. The van der Waals surface area contributed by atoms with E-state index in [2.05, 4.69) is 19.2 Å². The van der Waals surface area contributed by atoms with Gasteiger partial charge in [0.25, 0.3) is 5.91 Å². The average Bonchev–Trinajstić information content (AvgIpc) is 2.96. The number of hydrogen-bond donors (Lipinski definition) is 1. The van der Waals surface area contributed by atoms with Gasteiger partial charge in [0.1, 0.15) is 5.76 Å². The summed E-state index contributed by atoms with van der Waals surface area (Å²) >= 11 is 0. The zero-order valence-corrected chi connectivity index (χ0v) is 11.2. The summed E-state index contributed by atoms with van der Waals surface area (Å²) in [6.07, 6.45) is 0. The van der Waals surface area contributed by atoms with Gasteiger partial charge in [0, 0.05) is 25.2 Å². The second-order valence-corrected chi connectivity index (χ2v) is 6.00. The number of carbonyl (C=O) groups is 1. The van der Waals surface area contributed by atoms with Gasteiger partial charge in [-0.1, -0.05) is 0 Å². The molecule has 2 aliphatic rings. The van der Waals surface area contributed by atoms with Crippen LogP contribution >= 0.6 is 0 Å². The lowest BCUT2D eigenvalue weighted by atomic mass is 9.85. The van der Waals surface area contributed by atoms with Gasteiger partial charge in [-0.25, -0.2) is 0 Å². The molecule has 0 saturated carbocycles. The van der Waals surface area contributed by atoms with Crippen molar-refractivity contribution in [2.45, 2.75) is 26.3 Å². The van der Waals surface area contributed by atoms with E-state index in [9.17, 15) is 4.79 Å². The van der Waals surface area contributed by atoms with Crippen molar-refractivity contribution in [2.24, 2.45) is 11.8 Å². The lowest BCUT2D eigenvalue weighted by molar-refractivity contribution is 0.0569. The third-order valence-corrected chi connectivity index (χ3v) is 4.56. The van der Waals surface area contributed by atoms with Crippen molar-refractivity contribution in [1.82, 2.24) is 10.2 Å². The van der Waals surface area contributed by atoms with Crippen molar-refractivity contribution in [3.8, 4) is 0 Å². The van der Waals surface area contributed by atoms with Crippen LogP contribution in [-0.4, -0.2) is 36.0 Å². The Kier molecular flexibility index (Phi) is 2.52. The molecule has 1 amide bonds. The molecular formula is C14H20N2O2. The van der Waals surface area contributed by atoms with Crippen molar-refractivity contribution >= 4 is 5.91 Å². The third-order valence-electron chi connectivity index (χ3n) is 4.56. The number of aryl methyl sites for hydroxylation is 1. The van der Waals surface area contributed by atoms with E-state index in [0.29, 0.717) is 17.6 Å². The standard InChI is InChI=1S/C14H20N2O2/c1-9-4-5-12(18-9)13(17)16-8-10-6-15-7-11(10)14(16,2)3/h4-5,10-11,15H,6-8H2,1-3H3. The number of carbonyl (C=O) groups excluding carboxylic acids is 1. The predicted molar refractivity (Wildman–Crippen MR) is 68.4 cm³/mol. The van der Waals surface area contributed by atoms with Crippen LogP contribution in [0.15, 0.2) is 16.5 Å². The molecule has 2 aliphatic heterocycles. The van der Waals surface area contributed by atoms with Crippen molar-refractivity contribution < 1.29 is 9.21 Å². The number of nitrogens with zero attached hydrogens (tertiary/aromatic N) is 1. The Hall–Kier alpha value is -1.29. The van der Waals surface area contributed by atoms with E-state index in [4.69, 9.17) is 4.42 Å². The number of likely N-dealkylation sites (tertiary alicyclic amines) is 1. The number of fused-ring (bicyclic) bond motifs is 1. The van der Waals surface area contributed by atoms with Crippen molar-refractivity contribution in [2.75, 3.05) is 19.6 Å². The van der Waals surface area contributed by atoms with Crippen LogP contribution in [0.3, 0.4) is 0 Å². The molecule has 18 heavy (non-hydrogen) atoms. The molecule has 4 nitrogen and oxygen atoms in total. The minimum Gasteiger partial charge on any atom is -0.456 e. The number of rotatable bonds is 1. The highest BCUT2D eigenvalue weighted by molar-refractivity contribution is 5.92. The molecule has 2 saturated heterocycles. The lowest BCUT2D eigenvalue weighted by Crippen LogP contribution is -2.47. The summed E-state index contributed by atoms with van der Waals surface area (Å²) < 4.78 is 5.47. The molecule has 1 aromatic rings. The number of nitrogens with one attached hydrogen (secondary N) is 1. The molecular weight excluding hydrogens is 228 g/mol. The van der Waals surface area contributed by atoms with Gasteiger partial charge in [-0.2, -0.15) is 0 Å². The quantitative estimate of drug-likeness (QED) is 0.822. The molecule has 4 heteroatoms. The molecule has 0 spiro atoms. The zero-order chi connectivity index (χ0) is 12.9. The first-order valence-corrected chi connectivity index (χ1v) is 6.59. The fraction of sp³-hybridized carbons (Fsp3) is 0.643. The second kappa shape index (κ2) is 3.85. The first-order valence-electron chi connectivity index (χ1n) is 6.59. The monoisotopic (exact) mass is 248 g/mol. The Morgan fingerprint density at radius 1 is 1.44 bits per heavy atom. The largest absolute Gasteiger partial charge is 0.456 e. The molecule has 3 heterocycles. The maximum Gasteiger partial charge on any atom is 0.290 e. The number of furan rings is 1. The minimum atomic E-state index is -0.0913.